The molecule has 0 radical (unpaired) electrons. The van der Waals surface area contributed by atoms with E-state index < -0.39 is 23.6 Å². The summed E-state index contributed by atoms with van der Waals surface area (Å²) in [6.45, 7) is 1.19. The summed E-state index contributed by atoms with van der Waals surface area (Å²) in [7, 11) is 0. The Morgan fingerprint density at radius 1 is 0.975 bits per heavy atom. The Morgan fingerprint density at radius 2 is 1.65 bits per heavy atom. The smallest absolute Gasteiger partial charge is 0.347 e. The summed E-state index contributed by atoms with van der Waals surface area (Å²) in [5, 5.41) is 20.7. The van der Waals surface area contributed by atoms with Crippen LogP contribution in [0.3, 0.4) is 0 Å². The van der Waals surface area contributed by atoms with Gasteiger partial charge in [-0.25, -0.2) is 8.78 Å². The highest BCUT2D eigenvalue weighted by atomic mass is 19.4. The number of carbonyl (C=O) groups is 2. The number of rotatable bonds is 11. The minimum absolute atomic E-state index is 0.00605. The van der Waals surface area contributed by atoms with E-state index in [1.54, 1.807) is 15.8 Å². The molecule has 2 amide bonds. The molecule has 11 nitrogen and oxygen atoms in total. The lowest BCUT2D eigenvalue weighted by molar-refractivity contribution is -0.137. The van der Waals surface area contributed by atoms with Crippen molar-refractivity contribution in [3.05, 3.63) is 53.5 Å². The molecule has 1 fully saturated rings. The fourth-order valence-electron chi connectivity index (χ4n) is 4.08. The topological polar surface area (TPSA) is 123 Å². The van der Waals surface area contributed by atoms with Gasteiger partial charge in [0.2, 0.25) is 5.91 Å². The van der Waals surface area contributed by atoms with Crippen molar-refractivity contribution in [2.75, 3.05) is 25.0 Å². The highest BCUT2D eigenvalue weighted by Crippen LogP contribution is 2.29. The van der Waals surface area contributed by atoms with Crippen LogP contribution in [0.1, 0.15) is 47.3 Å². The van der Waals surface area contributed by atoms with Gasteiger partial charge in [-0.15, -0.1) is 10.2 Å². The first-order valence-corrected chi connectivity index (χ1v) is 12.6. The highest BCUT2D eigenvalue weighted by molar-refractivity contribution is 5.92. The number of nitrogens with one attached hydrogen (secondary N) is 2. The van der Waals surface area contributed by atoms with Crippen LogP contribution in [-0.4, -0.2) is 72.3 Å². The van der Waals surface area contributed by atoms with Crippen LogP contribution in [0.4, 0.5) is 27.8 Å². The zero-order chi connectivity index (χ0) is 28.8. The minimum Gasteiger partial charge on any atom is -0.347 e. The maximum atomic E-state index is 13.2. The first-order chi connectivity index (χ1) is 19.0. The molecule has 1 aliphatic rings. The van der Waals surface area contributed by atoms with Crippen LogP contribution in [0.2, 0.25) is 0 Å². The van der Waals surface area contributed by atoms with E-state index in [1.807, 2.05) is 0 Å². The van der Waals surface area contributed by atoms with E-state index in [4.69, 9.17) is 0 Å². The van der Waals surface area contributed by atoms with Crippen LogP contribution in [0.15, 0.2) is 36.7 Å². The maximum absolute atomic E-state index is 13.2. The third kappa shape index (κ3) is 8.53. The van der Waals surface area contributed by atoms with E-state index in [9.17, 15) is 31.5 Å². The monoisotopic (exact) mass is 569 g/mol. The second-order valence-electron chi connectivity index (χ2n) is 9.50. The maximum Gasteiger partial charge on any atom is 0.416 e. The van der Waals surface area contributed by atoms with Crippen LogP contribution in [0.5, 0.6) is 0 Å². The molecule has 16 heteroatoms. The molecule has 1 aromatic carbocycles. The van der Waals surface area contributed by atoms with Crippen LogP contribution in [0.25, 0.3) is 0 Å². The molecule has 0 atom stereocenters. The Balaban J connectivity index is 1.14. The lowest BCUT2D eigenvalue weighted by Gasteiger charge is -2.30. The number of halogens is 5. The Bertz CT molecular complexity index is 1300. The number of alkyl halides is 5. The van der Waals surface area contributed by atoms with Gasteiger partial charge in [0.1, 0.15) is 0 Å². The zero-order valence-corrected chi connectivity index (χ0v) is 21.4. The largest absolute Gasteiger partial charge is 0.416 e. The molecule has 4 rings (SSSR count). The molecule has 0 unspecified atom stereocenters. The Morgan fingerprint density at radius 3 is 2.35 bits per heavy atom. The molecule has 2 aromatic heterocycles. The quantitative estimate of drug-likeness (QED) is 0.269. The predicted molar refractivity (Wildman–Crippen MR) is 131 cm³/mol. The van der Waals surface area contributed by atoms with Crippen LogP contribution in [0, 0.1) is 0 Å². The van der Waals surface area contributed by atoms with Crippen LogP contribution < -0.4 is 10.6 Å². The number of carbonyl (C=O) groups excluding carboxylic acids is 2. The van der Waals surface area contributed by atoms with E-state index >= 15 is 0 Å². The van der Waals surface area contributed by atoms with Crippen molar-refractivity contribution in [2.45, 2.75) is 57.4 Å². The third-order valence-corrected chi connectivity index (χ3v) is 6.26. The van der Waals surface area contributed by atoms with Gasteiger partial charge in [0.25, 0.3) is 11.8 Å². The summed E-state index contributed by atoms with van der Waals surface area (Å²) in [4.78, 5) is 26.2. The van der Waals surface area contributed by atoms with E-state index in [0.29, 0.717) is 31.5 Å². The van der Waals surface area contributed by atoms with Gasteiger partial charge >= 0.3 is 6.18 Å². The lowest BCUT2D eigenvalue weighted by atomic mass is 10.1. The second-order valence-corrected chi connectivity index (χ2v) is 9.50. The standard InChI is InChI=1S/C24H28F5N9O2/c25-23(26)6-10-36(11-7-23)16-21(39)31-20-15-38(35-33-20)9-2-1-8-37-14-19(32-34-37)22(40)30-13-17-4-3-5-18(12-17)24(27,28)29/h3-5,12,14-15H,1-2,6-11,13,16H2,(H,30,40)(H,31,39). The number of aromatic nitrogens is 6. The van der Waals surface area contributed by atoms with Crippen LogP contribution in [-0.2, 0) is 30.6 Å². The van der Waals surface area contributed by atoms with Gasteiger partial charge in [-0.05, 0) is 30.5 Å². The molecule has 40 heavy (non-hydrogen) atoms. The number of aryl methyl sites for hydroxylation is 2. The molecule has 0 saturated carbocycles. The second kappa shape index (κ2) is 12.5. The Hall–Kier alpha value is -3.95. The number of hydrogen-bond donors (Lipinski definition) is 2. The van der Waals surface area contributed by atoms with Crippen molar-refractivity contribution in [1.29, 1.82) is 0 Å². The van der Waals surface area contributed by atoms with Crippen molar-refractivity contribution in [3.63, 3.8) is 0 Å². The van der Waals surface area contributed by atoms with E-state index in [0.717, 1.165) is 12.1 Å². The number of anilines is 1. The molecule has 3 aromatic rings. The molecule has 3 heterocycles. The number of hydrogen-bond acceptors (Lipinski definition) is 7. The zero-order valence-electron chi connectivity index (χ0n) is 21.4. The average Bonchev–Trinajstić information content (AvgIpc) is 3.56. The third-order valence-electron chi connectivity index (χ3n) is 6.26. The average molecular weight is 570 g/mol. The van der Waals surface area contributed by atoms with Gasteiger partial charge in [-0.3, -0.25) is 23.9 Å². The summed E-state index contributed by atoms with van der Waals surface area (Å²) in [5.41, 5.74) is -0.440. The molecule has 0 spiro atoms. The summed E-state index contributed by atoms with van der Waals surface area (Å²) in [5.74, 6) is -3.31. The molecular weight excluding hydrogens is 541 g/mol. The first-order valence-electron chi connectivity index (χ1n) is 12.6. The first kappa shape index (κ1) is 29.0. The molecular formula is C24H28F5N9O2. The lowest BCUT2D eigenvalue weighted by Crippen LogP contribution is -2.43. The fraction of sp³-hybridized carbons (Fsp3) is 0.500. The van der Waals surface area contributed by atoms with Crippen molar-refractivity contribution < 1.29 is 31.5 Å². The van der Waals surface area contributed by atoms with E-state index in [1.165, 1.54) is 23.0 Å². The van der Waals surface area contributed by atoms with Crippen LogP contribution >= 0.6 is 0 Å². The number of benzene rings is 1. The highest BCUT2D eigenvalue weighted by Gasteiger charge is 2.34. The number of piperidine rings is 1. The molecule has 1 aliphatic heterocycles. The Labute approximate surface area is 225 Å². The van der Waals surface area contributed by atoms with Gasteiger partial charge < -0.3 is 10.6 Å². The summed E-state index contributed by atoms with van der Waals surface area (Å²) in [6, 6.07) is 4.70. The van der Waals surface area contributed by atoms with E-state index in [-0.39, 0.29) is 56.4 Å². The van der Waals surface area contributed by atoms with Crippen molar-refractivity contribution in [1.82, 2.24) is 40.2 Å². The minimum atomic E-state index is -4.46. The van der Waals surface area contributed by atoms with Gasteiger partial charge in [0.15, 0.2) is 11.5 Å². The Kier molecular flexibility index (Phi) is 9.07. The van der Waals surface area contributed by atoms with Crippen molar-refractivity contribution >= 4 is 17.6 Å². The molecule has 216 valence electrons. The summed E-state index contributed by atoms with van der Waals surface area (Å²) in [6.07, 6.45) is -0.621. The van der Waals surface area contributed by atoms with Crippen molar-refractivity contribution in [3.8, 4) is 0 Å². The number of nitrogens with zero attached hydrogens (tertiary/aromatic N) is 7. The molecule has 0 aliphatic carbocycles. The SMILES string of the molecule is O=C(CN1CCC(F)(F)CC1)Nc1cn(CCCCn2cc(C(=O)NCc3cccc(C(F)(F)F)c3)nn2)nn1. The summed E-state index contributed by atoms with van der Waals surface area (Å²) >= 11 is 0. The molecule has 1 saturated heterocycles. The summed E-state index contributed by atoms with van der Waals surface area (Å²) < 4.78 is 68.1. The van der Waals surface area contributed by atoms with E-state index in [2.05, 4.69) is 31.3 Å². The van der Waals surface area contributed by atoms with Gasteiger partial charge in [0, 0.05) is 45.6 Å². The fourth-order valence-corrected chi connectivity index (χ4v) is 4.08. The van der Waals surface area contributed by atoms with Gasteiger partial charge in [-0.2, -0.15) is 13.2 Å². The van der Waals surface area contributed by atoms with Gasteiger partial charge in [0.05, 0.1) is 24.5 Å². The molecule has 0 bridgehead atoms. The van der Waals surface area contributed by atoms with Gasteiger partial charge in [-0.1, -0.05) is 22.6 Å². The normalized spacial score (nSPS) is 15.6. The number of likely N-dealkylation sites (tertiary alicyclic amines) is 1. The predicted octanol–water partition coefficient (Wildman–Crippen LogP) is 2.97. The number of unbranched alkanes of at least 4 members (excludes halogenated alkanes) is 1. The number of amides is 2. The van der Waals surface area contributed by atoms with Crippen molar-refractivity contribution in [2.24, 2.45) is 0 Å². The molecule has 2 N–H and O–H groups in total.